The van der Waals surface area contributed by atoms with E-state index in [1.54, 1.807) is 0 Å². The molecule has 2 aromatic heterocycles. The van der Waals surface area contributed by atoms with Gasteiger partial charge >= 0.3 is 0 Å². The molecule has 0 aliphatic heterocycles. The topological polar surface area (TPSA) is 22.2 Å². The van der Waals surface area contributed by atoms with Gasteiger partial charge in [-0.25, -0.2) is 4.98 Å². The Bertz CT molecular complexity index is 759. The van der Waals surface area contributed by atoms with Crippen molar-refractivity contribution in [1.82, 2.24) is 14.0 Å². The molecule has 3 aromatic rings. The average molecular weight is 223 g/mol. The van der Waals surface area contributed by atoms with Crippen LogP contribution in [0.25, 0.3) is 22.9 Å². The van der Waals surface area contributed by atoms with Crippen molar-refractivity contribution in [2.75, 3.05) is 0 Å². The van der Waals surface area contributed by atoms with Crippen LogP contribution in [-0.4, -0.2) is 14.0 Å². The predicted octanol–water partition coefficient (Wildman–Crippen LogP) is 2.79. The monoisotopic (exact) mass is 223 g/mol. The molecule has 0 N–H and O–H groups in total. The van der Waals surface area contributed by atoms with E-state index in [9.17, 15) is 0 Å². The summed E-state index contributed by atoms with van der Waals surface area (Å²) < 4.78 is 4.49. The van der Waals surface area contributed by atoms with Gasteiger partial charge in [-0.05, 0) is 31.1 Å². The Morgan fingerprint density at radius 3 is 3.06 bits per heavy atom. The highest BCUT2D eigenvalue weighted by atomic mass is 15.2. The van der Waals surface area contributed by atoms with Gasteiger partial charge in [0.05, 0.1) is 16.7 Å². The number of hydrogen-bond donors (Lipinski definition) is 0. The minimum Gasteiger partial charge on any atom is -0.316 e. The van der Waals surface area contributed by atoms with Crippen molar-refractivity contribution >= 4 is 22.9 Å². The van der Waals surface area contributed by atoms with E-state index in [1.807, 2.05) is 6.07 Å². The van der Waals surface area contributed by atoms with Crippen LogP contribution in [0.4, 0.5) is 0 Å². The van der Waals surface area contributed by atoms with Crippen LogP contribution in [-0.2, 0) is 13.5 Å². The summed E-state index contributed by atoms with van der Waals surface area (Å²) in [5.41, 5.74) is 4.95. The minimum atomic E-state index is 1.04. The first kappa shape index (κ1) is 9.05. The normalized spacial score (nSPS) is 14.6. The second kappa shape index (κ2) is 3.00. The lowest BCUT2D eigenvalue weighted by Crippen LogP contribution is -2.00. The number of benzene rings is 1. The number of fused-ring (bicyclic) bond motifs is 5. The third-order valence-corrected chi connectivity index (χ3v) is 3.61. The number of hydrogen-bond acceptors (Lipinski definition) is 1. The maximum Gasteiger partial charge on any atom is 0.215 e. The summed E-state index contributed by atoms with van der Waals surface area (Å²) in [7, 11) is 2.11. The third kappa shape index (κ3) is 1.04. The molecule has 0 bridgehead atoms. The second-order valence-electron chi connectivity index (χ2n) is 4.57. The molecule has 1 aliphatic rings. The van der Waals surface area contributed by atoms with Crippen molar-refractivity contribution in [3.05, 3.63) is 41.7 Å². The summed E-state index contributed by atoms with van der Waals surface area (Å²) in [6.07, 6.45) is 6.71. The molecule has 1 aliphatic carbocycles. The van der Waals surface area contributed by atoms with Gasteiger partial charge in [0.25, 0.3) is 0 Å². The predicted molar refractivity (Wildman–Crippen MR) is 69.0 cm³/mol. The fourth-order valence-electron chi connectivity index (χ4n) is 2.78. The lowest BCUT2D eigenvalue weighted by molar-refractivity contribution is 0.818. The fraction of sp³-hybridized carbons (Fsp3) is 0.214. The summed E-state index contributed by atoms with van der Waals surface area (Å²) in [6.45, 7) is 0. The second-order valence-corrected chi connectivity index (χ2v) is 4.57. The largest absolute Gasteiger partial charge is 0.316 e. The molecule has 17 heavy (non-hydrogen) atoms. The van der Waals surface area contributed by atoms with Crippen LogP contribution in [0, 0.1) is 0 Å². The van der Waals surface area contributed by atoms with Crippen molar-refractivity contribution in [3.63, 3.8) is 0 Å². The quantitative estimate of drug-likeness (QED) is 0.574. The molecular formula is C14H13N3. The molecule has 84 valence electrons. The SMILES string of the molecule is Cn1c2c(n3c4ccccc4nc13)C=CCC2. The van der Waals surface area contributed by atoms with Crippen molar-refractivity contribution in [3.8, 4) is 0 Å². The summed E-state index contributed by atoms with van der Waals surface area (Å²) in [5, 5.41) is 0. The molecule has 0 fully saturated rings. The first-order chi connectivity index (χ1) is 8.36. The fourth-order valence-corrected chi connectivity index (χ4v) is 2.78. The first-order valence-electron chi connectivity index (χ1n) is 5.97. The molecule has 0 unspecified atom stereocenters. The van der Waals surface area contributed by atoms with Gasteiger partial charge in [0.1, 0.15) is 0 Å². The first-order valence-corrected chi connectivity index (χ1v) is 5.97. The van der Waals surface area contributed by atoms with E-state index in [-0.39, 0.29) is 0 Å². The Labute approximate surface area is 99.0 Å². The molecule has 2 heterocycles. The average Bonchev–Trinajstić information content (AvgIpc) is 2.88. The molecule has 0 saturated heterocycles. The van der Waals surface area contributed by atoms with Crippen LogP contribution in [0.15, 0.2) is 30.3 Å². The van der Waals surface area contributed by atoms with E-state index in [4.69, 9.17) is 4.98 Å². The van der Waals surface area contributed by atoms with Crippen molar-refractivity contribution in [2.24, 2.45) is 7.05 Å². The number of allylic oxidation sites excluding steroid dienone is 1. The summed E-state index contributed by atoms with van der Waals surface area (Å²) in [4.78, 5) is 4.71. The van der Waals surface area contributed by atoms with E-state index in [0.29, 0.717) is 0 Å². The maximum absolute atomic E-state index is 4.71. The van der Waals surface area contributed by atoms with Crippen LogP contribution in [0.5, 0.6) is 0 Å². The van der Waals surface area contributed by atoms with Gasteiger partial charge in [-0.2, -0.15) is 0 Å². The van der Waals surface area contributed by atoms with Crippen LogP contribution >= 0.6 is 0 Å². The molecule has 0 spiro atoms. The molecule has 1 aromatic carbocycles. The van der Waals surface area contributed by atoms with E-state index in [2.05, 4.69) is 46.4 Å². The Morgan fingerprint density at radius 2 is 2.12 bits per heavy atom. The van der Waals surface area contributed by atoms with Crippen molar-refractivity contribution in [1.29, 1.82) is 0 Å². The molecule has 4 rings (SSSR count). The Morgan fingerprint density at radius 1 is 1.24 bits per heavy atom. The number of nitrogens with zero attached hydrogens (tertiary/aromatic N) is 3. The van der Waals surface area contributed by atoms with E-state index in [1.165, 1.54) is 16.9 Å². The molecule has 3 heteroatoms. The van der Waals surface area contributed by atoms with Crippen LogP contribution < -0.4 is 0 Å². The lowest BCUT2D eigenvalue weighted by atomic mass is 10.1. The number of aromatic nitrogens is 3. The van der Waals surface area contributed by atoms with Crippen LogP contribution in [0.3, 0.4) is 0 Å². The maximum atomic E-state index is 4.71. The number of para-hydroxylation sites is 2. The van der Waals surface area contributed by atoms with E-state index in [0.717, 1.165) is 24.1 Å². The number of aryl methyl sites for hydroxylation is 1. The van der Waals surface area contributed by atoms with Gasteiger partial charge in [0.15, 0.2) is 0 Å². The molecular weight excluding hydrogens is 210 g/mol. The van der Waals surface area contributed by atoms with Gasteiger partial charge in [-0.15, -0.1) is 0 Å². The summed E-state index contributed by atoms with van der Waals surface area (Å²) in [5.74, 6) is 1.04. The summed E-state index contributed by atoms with van der Waals surface area (Å²) >= 11 is 0. The van der Waals surface area contributed by atoms with Gasteiger partial charge in [0.2, 0.25) is 5.78 Å². The zero-order valence-corrected chi connectivity index (χ0v) is 9.72. The summed E-state index contributed by atoms with van der Waals surface area (Å²) in [6, 6.07) is 8.32. The van der Waals surface area contributed by atoms with E-state index < -0.39 is 0 Å². The van der Waals surface area contributed by atoms with Crippen LogP contribution in [0.2, 0.25) is 0 Å². The standard InChI is InChI=1S/C14H13N3/c1-16-12-8-4-5-9-13(12)17-11-7-3-2-6-10(11)15-14(16)17/h2-3,5-7,9H,4,8H2,1H3. The molecule has 0 saturated carbocycles. The van der Waals surface area contributed by atoms with Crippen molar-refractivity contribution in [2.45, 2.75) is 12.8 Å². The molecule has 3 nitrogen and oxygen atoms in total. The third-order valence-electron chi connectivity index (χ3n) is 3.61. The Balaban J connectivity index is 2.28. The lowest BCUT2D eigenvalue weighted by Gasteiger charge is -2.07. The number of rotatable bonds is 0. The van der Waals surface area contributed by atoms with Crippen LogP contribution in [0.1, 0.15) is 17.8 Å². The Kier molecular flexibility index (Phi) is 1.60. The molecule has 0 atom stereocenters. The Hall–Kier alpha value is -2.03. The number of imidazole rings is 2. The van der Waals surface area contributed by atoms with Gasteiger partial charge in [-0.1, -0.05) is 18.2 Å². The van der Waals surface area contributed by atoms with Crippen molar-refractivity contribution < 1.29 is 0 Å². The smallest absolute Gasteiger partial charge is 0.215 e. The zero-order valence-electron chi connectivity index (χ0n) is 9.72. The highest BCUT2D eigenvalue weighted by Gasteiger charge is 2.18. The van der Waals surface area contributed by atoms with E-state index >= 15 is 0 Å². The highest BCUT2D eigenvalue weighted by molar-refractivity contribution is 5.82. The van der Waals surface area contributed by atoms with Gasteiger partial charge in [0, 0.05) is 12.7 Å². The zero-order chi connectivity index (χ0) is 11.4. The van der Waals surface area contributed by atoms with Gasteiger partial charge in [-0.3, -0.25) is 4.40 Å². The minimum absolute atomic E-state index is 1.04. The highest BCUT2D eigenvalue weighted by Crippen LogP contribution is 2.27. The molecule has 0 amide bonds. The van der Waals surface area contributed by atoms with Gasteiger partial charge < -0.3 is 4.57 Å². The molecule has 0 radical (unpaired) electrons.